The molecule has 3 aliphatic rings. The van der Waals surface area contributed by atoms with Crippen LogP contribution in [0.25, 0.3) is 0 Å². The Morgan fingerprint density at radius 3 is 2.37 bits per heavy atom. The van der Waals surface area contributed by atoms with Gasteiger partial charge in [-0.25, -0.2) is 4.78 Å². The van der Waals surface area contributed by atoms with E-state index in [1.54, 1.807) is 10.6 Å². The van der Waals surface area contributed by atoms with Gasteiger partial charge in [-0.2, -0.15) is 5.10 Å². The summed E-state index contributed by atoms with van der Waals surface area (Å²) < 4.78 is 4.47. The van der Waals surface area contributed by atoms with Crippen molar-refractivity contribution < 1.29 is 4.90 Å². The van der Waals surface area contributed by atoms with Crippen molar-refractivity contribution in [3.05, 3.63) is 41.3 Å². The number of hydrazone groups is 1. The highest BCUT2D eigenvalue weighted by molar-refractivity contribution is 8.16. The molecule has 0 saturated carbocycles. The zero-order valence-electron chi connectivity index (χ0n) is 17.0. The third-order valence-corrected chi connectivity index (χ3v) is 11.1. The first-order valence-corrected chi connectivity index (χ1v) is 12.8. The quantitative estimate of drug-likeness (QED) is 0.776. The van der Waals surface area contributed by atoms with Gasteiger partial charge in [0.2, 0.25) is 0 Å². The third kappa shape index (κ3) is 3.33. The molecule has 0 amide bonds. The Bertz CT molecular complexity index is 822. The van der Waals surface area contributed by atoms with Crippen molar-refractivity contribution in [2.45, 2.75) is 46.0 Å². The van der Waals surface area contributed by atoms with E-state index in [-0.39, 0.29) is 5.41 Å². The number of likely N-dealkylation sites (tertiary alicyclic amines) is 1. The van der Waals surface area contributed by atoms with Crippen molar-refractivity contribution >= 4 is 29.5 Å². The SMILES string of the molecule is CN(C)[P@@]1(=S)C2=C([NH+]3CCCCC3)CC(C)(C)CC2=NN1c1ccccc1. The van der Waals surface area contributed by atoms with Gasteiger partial charge < -0.3 is 4.90 Å². The monoisotopic (exact) mass is 403 g/mol. The molecule has 0 unspecified atom stereocenters. The van der Waals surface area contributed by atoms with E-state index in [1.807, 2.05) is 0 Å². The number of allylic oxidation sites excluding steroid dienone is 2. The molecule has 0 bridgehead atoms. The highest BCUT2D eigenvalue weighted by Crippen LogP contribution is 2.67. The zero-order valence-corrected chi connectivity index (χ0v) is 18.7. The van der Waals surface area contributed by atoms with Crippen LogP contribution in [0.2, 0.25) is 0 Å². The summed E-state index contributed by atoms with van der Waals surface area (Å²) >= 11 is 6.49. The van der Waals surface area contributed by atoms with E-state index in [1.165, 1.54) is 43.4 Å². The van der Waals surface area contributed by atoms with Crippen molar-refractivity contribution in [3.63, 3.8) is 0 Å². The van der Waals surface area contributed by atoms with Crippen LogP contribution in [0, 0.1) is 5.41 Å². The van der Waals surface area contributed by atoms with E-state index in [0.717, 1.165) is 18.5 Å². The maximum absolute atomic E-state index is 6.49. The molecule has 27 heavy (non-hydrogen) atoms. The molecule has 0 spiro atoms. The fraction of sp³-hybridized carbons (Fsp3) is 0.571. The Labute approximate surface area is 169 Å². The summed E-state index contributed by atoms with van der Waals surface area (Å²) in [5.41, 5.74) is 4.19. The number of quaternary nitrogens is 1. The van der Waals surface area contributed by atoms with E-state index < -0.39 is 6.34 Å². The maximum Gasteiger partial charge on any atom is 0.157 e. The zero-order chi connectivity index (χ0) is 19.2. The number of piperidine rings is 1. The number of hydrogen-bond donors (Lipinski definition) is 1. The van der Waals surface area contributed by atoms with E-state index in [0.29, 0.717) is 0 Å². The highest BCUT2D eigenvalue weighted by Gasteiger charge is 2.50. The Morgan fingerprint density at radius 1 is 1.07 bits per heavy atom. The van der Waals surface area contributed by atoms with E-state index in [9.17, 15) is 0 Å². The second kappa shape index (κ2) is 7.11. The van der Waals surface area contributed by atoms with Crippen LogP contribution in [0.1, 0.15) is 46.0 Å². The first kappa shape index (κ1) is 19.3. The van der Waals surface area contributed by atoms with Crippen molar-refractivity contribution in [2.75, 3.05) is 32.0 Å². The molecule has 6 heteroatoms. The summed E-state index contributed by atoms with van der Waals surface area (Å²) in [6, 6.07) is 10.5. The Hall–Kier alpha value is -1.00. The van der Waals surface area contributed by atoms with Crippen LogP contribution in [-0.4, -0.2) is 37.6 Å². The van der Waals surface area contributed by atoms with Gasteiger partial charge in [-0.15, -0.1) is 0 Å². The number of anilines is 1. The number of nitrogens with one attached hydrogen (secondary N) is 1. The van der Waals surface area contributed by atoms with Crippen LogP contribution in [0.4, 0.5) is 5.69 Å². The average Bonchev–Trinajstić information content (AvgIpc) is 2.95. The summed E-state index contributed by atoms with van der Waals surface area (Å²) in [6.45, 7) is 7.27. The lowest BCUT2D eigenvalue weighted by Gasteiger charge is -2.40. The largest absolute Gasteiger partial charge is 0.305 e. The predicted octanol–water partition coefficient (Wildman–Crippen LogP) is 3.83. The first-order valence-electron chi connectivity index (χ1n) is 10.1. The number of rotatable bonds is 3. The van der Waals surface area contributed by atoms with Crippen molar-refractivity contribution in [2.24, 2.45) is 10.5 Å². The number of benzene rings is 1. The summed E-state index contributed by atoms with van der Waals surface area (Å²) in [6.07, 6.45) is 4.06. The minimum atomic E-state index is -2.13. The van der Waals surface area contributed by atoms with Crippen LogP contribution in [0.3, 0.4) is 0 Å². The van der Waals surface area contributed by atoms with Crippen LogP contribution >= 0.6 is 6.34 Å². The second-order valence-electron chi connectivity index (χ2n) is 9.07. The molecule has 1 aromatic carbocycles. The Kier molecular flexibility index (Phi) is 5.09. The lowest BCUT2D eigenvalue weighted by Crippen LogP contribution is -3.11. The number of nitrogens with zero attached hydrogens (tertiary/aromatic N) is 3. The summed E-state index contributed by atoms with van der Waals surface area (Å²) in [7, 11) is 4.29. The number of para-hydroxylation sites is 1. The smallest absolute Gasteiger partial charge is 0.157 e. The highest BCUT2D eigenvalue weighted by atomic mass is 32.4. The summed E-state index contributed by atoms with van der Waals surface area (Å²) in [4.78, 5) is 1.67. The van der Waals surface area contributed by atoms with Gasteiger partial charge in [-0.3, -0.25) is 4.67 Å². The molecule has 2 aliphatic heterocycles. The van der Waals surface area contributed by atoms with E-state index in [2.05, 4.69) is 67.7 Å². The molecule has 2 heterocycles. The molecule has 4 rings (SSSR count). The van der Waals surface area contributed by atoms with Gasteiger partial charge >= 0.3 is 0 Å². The van der Waals surface area contributed by atoms with Gasteiger partial charge in [0.25, 0.3) is 0 Å². The maximum atomic E-state index is 6.49. The Morgan fingerprint density at radius 2 is 1.74 bits per heavy atom. The molecule has 1 fully saturated rings. The molecule has 1 atom stereocenters. The van der Waals surface area contributed by atoms with E-state index >= 15 is 0 Å². The molecule has 0 radical (unpaired) electrons. The predicted molar refractivity (Wildman–Crippen MR) is 119 cm³/mol. The molecule has 1 aromatic rings. The van der Waals surface area contributed by atoms with Crippen LogP contribution in [0.15, 0.2) is 46.4 Å². The standard InChI is InChI=1S/C21H31N4PS/c1-21(2)15-18-20(19(16-21)24-13-9-6-10-14-24)26(27,23(3)4)25(22-18)17-11-7-5-8-12-17/h5,7-8,11-12H,6,9-10,13-16H2,1-4H3/p+1/t26-/m0/s1. The molecule has 1 saturated heterocycles. The van der Waals surface area contributed by atoms with Crippen molar-refractivity contribution in [1.82, 2.24) is 4.67 Å². The lowest BCUT2D eigenvalue weighted by molar-refractivity contribution is -0.868. The molecule has 1 aliphatic carbocycles. The first-order chi connectivity index (χ1) is 12.8. The van der Waals surface area contributed by atoms with Crippen LogP contribution < -0.4 is 9.68 Å². The fourth-order valence-corrected chi connectivity index (χ4v) is 8.44. The third-order valence-electron chi connectivity index (χ3n) is 6.04. The van der Waals surface area contributed by atoms with Gasteiger partial charge in [0.1, 0.15) is 5.70 Å². The van der Waals surface area contributed by atoms with Crippen LogP contribution in [-0.2, 0) is 11.8 Å². The minimum Gasteiger partial charge on any atom is -0.305 e. The topological polar surface area (TPSA) is 23.3 Å². The molecular formula is C21H32N4PS+. The summed E-state index contributed by atoms with van der Waals surface area (Å²) in [5.74, 6) is 0. The van der Waals surface area contributed by atoms with Crippen LogP contribution in [0.5, 0.6) is 0 Å². The second-order valence-corrected chi connectivity index (χ2v) is 13.3. The van der Waals surface area contributed by atoms with Gasteiger partial charge in [0, 0.05) is 6.42 Å². The van der Waals surface area contributed by atoms with Gasteiger partial charge in [-0.1, -0.05) is 32.0 Å². The normalized spacial score (nSPS) is 28.5. The molecule has 1 N–H and O–H groups in total. The fourth-order valence-electron chi connectivity index (χ4n) is 4.75. The molecule has 146 valence electrons. The molecular weight excluding hydrogens is 371 g/mol. The van der Waals surface area contributed by atoms with Crippen molar-refractivity contribution in [3.8, 4) is 0 Å². The average molecular weight is 404 g/mol. The molecule has 0 aromatic heterocycles. The van der Waals surface area contributed by atoms with Gasteiger partial charge in [0.15, 0.2) is 6.34 Å². The lowest BCUT2D eigenvalue weighted by atomic mass is 9.78. The minimum absolute atomic E-state index is 0.251. The van der Waals surface area contributed by atoms with Gasteiger partial charge in [-0.05, 0) is 69.1 Å². The number of fused-ring (bicyclic) bond motifs is 1. The van der Waals surface area contributed by atoms with Gasteiger partial charge in [0.05, 0.1) is 29.8 Å². The Balaban J connectivity index is 1.90. The van der Waals surface area contributed by atoms with Crippen molar-refractivity contribution in [1.29, 1.82) is 0 Å². The molecule has 4 nitrogen and oxygen atoms in total. The number of hydrogen-bond acceptors (Lipinski definition) is 2. The van der Waals surface area contributed by atoms with E-state index in [4.69, 9.17) is 16.9 Å². The summed E-state index contributed by atoms with van der Waals surface area (Å²) in [5, 5.41) is 6.60.